The maximum Gasteiger partial charge on any atom is 0.491 e. The Hall–Kier alpha value is -1.54. The van der Waals surface area contributed by atoms with Crippen LogP contribution in [0.3, 0.4) is 0 Å². The first-order valence-corrected chi connectivity index (χ1v) is 6.10. The van der Waals surface area contributed by atoms with Crippen LogP contribution in [0, 0.1) is 12.7 Å². The third-order valence-electron chi connectivity index (χ3n) is 2.87. The van der Waals surface area contributed by atoms with E-state index in [4.69, 9.17) is 21.6 Å². The molecule has 1 aromatic carbocycles. The van der Waals surface area contributed by atoms with Crippen molar-refractivity contribution in [2.24, 2.45) is 0 Å². The first-order valence-electron chi connectivity index (χ1n) is 5.72. The number of nitrogens with zero attached hydrogens (tertiary/aromatic N) is 2. The highest BCUT2D eigenvalue weighted by molar-refractivity contribution is 6.58. The smallest absolute Gasteiger partial charge is 0.423 e. The molecule has 104 valence electrons. The summed E-state index contributed by atoms with van der Waals surface area (Å²) in [5.41, 5.74) is 0.510. The number of aliphatic hydroxyl groups is 1. The number of hydrogen-bond acceptors (Lipinski definition) is 5. The standard InChI is InChI=1S/C12H11BClFN2O3/c1-6-11(17-3-2-16-6)12(18)7-4-8(13(19)20)10(15)5-9(7)14/h2-5,12,18-20H,1H3. The van der Waals surface area contributed by atoms with Crippen molar-refractivity contribution in [3.63, 3.8) is 0 Å². The summed E-state index contributed by atoms with van der Waals surface area (Å²) in [6.07, 6.45) is 1.64. The lowest BCUT2D eigenvalue weighted by molar-refractivity contribution is 0.214. The minimum Gasteiger partial charge on any atom is -0.423 e. The minimum atomic E-state index is -2.00. The second-order valence-electron chi connectivity index (χ2n) is 4.20. The van der Waals surface area contributed by atoms with Crippen LogP contribution in [0.5, 0.6) is 0 Å². The molecule has 20 heavy (non-hydrogen) atoms. The van der Waals surface area contributed by atoms with Crippen LogP contribution in [0.4, 0.5) is 4.39 Å². The quantitative estimate of drug-likeness (QED) is 0.711. The van der Waals surface area contributed by atoms with Crippen LogP contribution in [-0.4, -0.2) is 32.2 Å². The summed E-state index contributed by atoms with van der Waals surface area (Å²) in [4.78, 5) is 7.99. The molecule has 1 unspecified atom stereocenters. The van der Waals surface area contributed by atoms with Crippen molar-refractivity contribution >= 4 is 24.2 Å². The van der Waals surface area contributed by atoms with E-state index in [-0.39, 0.29) is 21.7 Å². The highest BCUT2D eigenvalue weighted by Crippen LogP contribution is 2.28. The van der Waals surface area contributed by atoms with Gasteiger partial charge in [0.15, 0.2) is 0 Å². The molecule has 8 heteroatoms. The Labute approximate surface area is 119 Å². The summed E-state index contributed by atoms with van der Waals surface area (Å²) in [6, 6.07) is 2.02. The second-order valence-corrected chi connectivity index (χ2v) is 4.61. The Bertz CT molecular complexity index is 642. The predicted octanol–water partition coefficient (Wildman–Crippen LogP) is 0.339. The molecule has 1 atom stereocenters. The van der Waals surface area contributed by atoms with Gasteiger partial charge in [-0.15, -0.1) is 0 Å². The topological polar surface area (TPSA) is 86.5 Å². The number of halogens is 2. The van der Waals surface area contributed by atoms with Crippen molar-refractivity contribution in [2.75, 3.05) is 0 Å². The molecule has 0 bridgehead atoms. The molecule has 5 nitrogen and oxygen atoms in total. The molecule has 0 aliphatic rings. The Morgan fingerprint density at radius 3 is 2.50 bits per heavy atom. The van der Waals surface area contributed by atoms with Crippen molar-refractivity contribution in [3.05, 3.63) is 52.3 Å². The van der Waals surface area contributed by atoms with E-state index in [2.05, 4.69) is 9.97 Å². The van der Waals surface area contributed by atoms with E-state index < -0.39 is 19.0 Å². The Morgan fingerprint density at radius 2 is 1.90 bits per heavy atom. The molecule has 0 saturated heterocycles. The highest BCUT2D eigenvalue weighted by Gasteiger charge is 2.24. The minimum absolute atomic E-state index is 0.0375. The van der Waals surface area contributed by atoms with Crippen LogP contribution in [0.15, 0.2) is 24.5 Å². The van der Waals surface area contributed by atoms with E-state index in [9.17, 15) is 9.50 Å². The third-order valence-corrected chi connectivity index (χ3v) is 3.19. The molecule has 3 N–H and O–H groups in total. The van der Waals surface area contributed by atoms with Gasteiger partial charge < -0.3 is 15.2 Å². The number of hydrogen-bond donors (Lipinski definition) is 3. The normalized spacial score (nSPS) is 12.3. The predicted molar refractivity (Wildman–Crippen MR) is 72.1 cm³/mol. The number of rotatable bonds is 3. The number of aromatic nitrogens is 2. The molecule has 1 aromatic heterocycles. The molecule has 1 heterocycles. The van der Waals surface area contributed by atoms with Gasteiger partial charge in [0.25, 0.3) is 0 Å². The van der Waals surface area contributed by atoms with Gasteiger partial charge in [-0.1, -0.05) is 17.7 Å². The molecule has 0 aliphatic carbocycles. The van der Waals surface area contributed by atoms with Gasteiger partial charge >= 0.3 is 7.12 Å². The van der Waals surface area contributed by atoms with Crippen molar-refractivity contribution in [1.82, 2.24) is 9.97 Å². The lowest BCUT2D eigenvalue weighted by Crippen LogP contribution is -2.33. The SMILES string of the molecule is Cc1nccnc1C(O)c1cc(B(O)O)c(F)cc1Cl. The maximum absolute atomic E-state index is 13.5. The maximum atomic E-state index is 13.5. The first-order chi connectivity index (χ1) is 9.41. The monoisotopic (exact) mass is 296 g/mol. The fourth-order valence-electron chi connectivity index (χ4n) is 1.82. The van der Waals surface area contributed by atoms with Gasteiger partial charge in [-0.05, 0) is 13.0 Å². The molecule has 0 radical (unpaired) electrons. The molecular formula is C12H11BClFN2O3. The number of aryl methyl sites for hydroxylation is 1. The van der Waals surface area contributed by atoms with Crippen molar-refractivity contribution in [3.8, 4) is 0 Å². The molecular weight excluding hydrogens is 285 g/mol. The molecule has 0 amide bonds. The fraction of sp³-hybridized carbons (Fsp3) is 0.167. The summed E-state index contributed by atoms with van der Waals surface area (Å²) in [6.45, 7) is 1.66. The molecule has 0 fully saturated rings. The van der Waals surface area contributed by atoms with Gasteiger partial charge in [-0.25, -0.2) is 4.39 Å². The van der Waals surface area contributed by atoms with Gasteiger partial charge in [-0.3, -0.25) is 9.97 Å². The average Bonchev–Trinajstić information content (AvgIpc) is 2.38. The Balaban J connectivity index is 2.52. The molecule has 2 aromatic rings. The summed E-state index contributed by atoms with van der Waals surface area (Å²) < 4.78 is 13.5. The van der Waals surface area contributed by atoms with Crippen molar-refractivity contribution < 1.29 is 19.5 Å². The van der Waals surface area contributed by atoms with Gasteiger partial charge in [0, 0.05) is 28.4 Å². The number of benzene rings is 1. The van der Waals surface area contributed by atoms with Crippen LogP contribution in [0.1, 0.15) is 23.1 Å². The molecule has 0 saturated carbocycles. The number of aliphatic hydroxyl groups excluding tert-OH is 1. The van der Waals surface area contributed by atoms with E-state index in [1.165, 1.54) is 12.4 Å². The van der Waals surface area contributed by atoms with E-state index >= 15 is 0 Å². The zero-order valence-corrected chi connectivity index (χ0v) is 11.2. The first kappa shape index (κ1) is 14.9. The van der Waals surface area contributed by atoms with E-state index in [0.29, 0.717) is 5.69 Å². The second kappa shape index (κ2) is 5.84. The van der Waals surface area contributed by atoms with Gasteiger partial charge in [0.2, 0.25) is 0 Å². The molecule has 0 aliphatic heterocycles. The van der Waals surface area contributed by atoms with Crippen molar-refractivity contribution in [1.29, 1.82) is 0 Å². The lowest BCUT2D eigenvalue weighted by Gasteiger charge is -2.15. The van der Waals surface area contributed by atoms with Gasteiger partial charge in [0.1, 0.15) is 11.9 Å². The van der Waals surface area contributed by atoms with E-state index in [1.54, 1.807) is 6.92 Å². The zero-order chi connectivity index (χ0) is 14.9. The Morgan fingerprint density at radius 1 is 1.25 bits per heavy atom. The third kappa shape index (κ3) is 2.81. The van der Waals surface area contributed by atoms with Crippen LogP contribution < -0.4 is 5.46 Å². The summed E-state index contributed by atoms with van der Waals surface area (Å²) in [5, 5.41) is 28.4. The van der Waals surface area contributed by atoms with E-state index in [1.807, 2.05) is 0 Å². The fourth-order valence-corrected chi connectivity index (χ4v) is 2.08. The van der Waals surface area contributed by atoms with Gasteiger partial charge in [-0.2, -0.15) is 0 Å². The van der Waals surface area contributed by atoms with Crippen molar-refractivity contribution in [2.45, 2.75) is 13.0 Å². The lowest BCUT2D eigenvalue weighted by atomic mass is 9.78. The zero-order valence-electron chi connectivity index (χ0n) is 10.5. The van der Waals surface area contributed by atoms with Gasteiger partial charge in [0.05, 0.1) is 11.4 Å². The molecule has 2 rings (SSSR count). The van der Waals surface area contributed by atoms with Crippen LogP contribution in [0.25, 0.3) is 0 Å². The summed E-state index contributed by atoms with van der Waals surface area (Å²) in [7, 11) is -2.00. The summed E-state index contributed by atoms with van der Waals surface area (Å²) in [5.74, 6) is -0.864. The molecule has 0 spiro atoms. The Kier molecular flexibility index (Phi) is 4.34. The average molecular weight is 296 g/mol. The highest BCUT2D eigenvalue weighted by atomic mass is 35.5. The largest absolute Gasteiger partial charge is 0.491 e. The van der Waals surface area contributed by atoms with Crippen LogP contribution in [0.2, 0.25) is 5.02 Å². The van der Waals surface area contributed by atoms with E-state index in [0.717, 1.165) is 12.1 Å². The summed E-state index contributed by atoms with van der Waals surface area (Å²) >= 11 is 5.89. The van der Waals surface area contributed by atoms with Crippen LogP contribution in [-0.2, 0) is 0 Å². The van der Waals surface area contributed by atoms with Crippen LogP contribution >= 0.6 is 11.6 Å².